The van der Waals surface area contributed by atoms with Crippen LogP contribution in [0.5, 0.6) is 0 Å². The summed E-state index contributed by atoms with van der Waals surface area (Å²) in [5.74, 6) is -0.235. The van der Waals surface area contributed by atoms with E-state index in [-0.39, 0.29) is 19.1 Å². The fourth-order valence-corrected chi connectivity index (χ4v) is 3.02. The fraction of sp³-hybridized carbons (Fsp3) is 0.467. The summed E-state index contributed by atoms with van der Waals surface area (Å²) in [7, 11) is 0. The van der Waals surface area contributed by atoms with E-state index in [1.54, 1.807) is 18.2 Å². The first-order valence-electron chi connectivity index (χ1n) is 7.02. The SMILES string of the molecule is O=C(CN1CCC(CCO)C1)NC(=O)c1ccccc1Br. The van der Waals surface area contributed by atoms with Gasteiger partial charge in [-0.05, 0) is 53.4 Å². The average Bonchev–Trinajstić information content (AvgIpc) is 2.86. The molecule has 1 atom stereocenters. The van der Waals surface area contributed by atoms with E-state index in [9.17, 15) is 9.59 Å². The van der Waals surface area contributed by atoms with Crippen molar-refractivity contribution in [1.82, 2.24) is 10.2 Å². The highest BCUT2D eigenvalue weighted by Crippen LogP contribution is 2.19. The van der Waals surface area contributed by atoms with Gasteiger partial charge in [-0.2, -0.15) is 0 Å². The Morgan fingerprint density at radius 2 is 2.14 bits per heavy atom. The van der Waals surface area contributed by atoms with Crippen molar-refractivity contribution in [2.45, 2.75) is 12.8 Å². The highest BCUT2D eigenvalue weighted by molar-refractivity contribution is 9.10. The summed E-state index contributed by atoms with van der Waals surface area (Å²) < 4.78 is 0.666. The Bertz CT molecular complexity index is 521. The zero-order valence-electron chi connectivity index (χ0n) is 11.7. The molecule has 0 aliphatic carbocycles. The molecule has 114 valence electrons. The first-order chi connectivity index (χ1) is 10.1. The predicted molar refractivity (Wildman–Crippen MR) is 82.9 cm³/mol. The Kier molecular flexibility index (Phi) is 5.90. The number of aliphatic hydroxyl groups is 1. The van der Waals surface area contributed by atoms with Crippen molar-refractivity contribution in [2.24, 2.45) is 5.92 Å². The molecule has 21 heavy (non-hydrogen) atoms. The molecule has 0 spiro atoms. The van der Waals surface area contributed by atoms with Crippen LogP contribution in [0.1, 0.15) is 23.2 Å². The van der Waals surface area contributed by atoms with Gasteiger partial charge in [0.1, 0.15) is 0 Å². The number of amides is 2. The Balaban J connectivity index is 1.83. The summed E-state index contributed by atoms with van der Waals surface area (Å²) in [6.45, 7) is 2.04. The molecular weight excluding hydrogens is 336 g/mol. The zero-order chi connectivity index (χ0) is 15.2. The van der Waals surface area contributed by atoms with Crippen LogP contribution in [0.2, 0.25) is 0 Å². The minimum Gasteiger partial charge on any atom is -0.396 e. The summed E-state index contributed by atoms with van der Waals surface area (Å²) in [5.41, 5.74) is 0.449. The molecular formula is C15H19BrN2O3. The maximum Gasteiger partial charge on any atom is 0.259 e. The van der Waals surface area contributed by atoms with Gasteiger partial charge in [-0.25, -0.2) is 0 Å². The monoisotopic (exact) mass is 354 g/mol. The third-order valence-corrected chi connectivity index (χ3v) is 4.34. The number of hydrogen-bond acceptors (Lipinski definition) is 4. The van der Waals surface area contributed by atoms with E-state index in [1.165, 1.54) is 0 Å². The van der Waals surface area contributed by atoms with Gasteiger partial charge in [0.05, 0.1) is 12.1 Å². The van der Waals surface area contributed by atoms with Crippen molar-refractivity contribution in [1.29, 1.82) is 0 Å². The number of rotatable bonds is 5. The number of aliphatic hydroxyl groups excluding tert-OH is 1. The minimum absolute atomic E-state index is 0.186. The van der Waals surface area contributed by atoms with Crippen LogP contribution in [0.25, 0.3) is 0 Å². The molecule has 5 nitrogen and oxygen atoms in total. The van der Waals surface area contributed by atoms with E-state index in [1.807, 2.05) is 11.0 Å². The van der Waals surface area contributed by atoms with Crippen molar-refractivity contribution in [3.8, 4) is 0 Å². The molecule has 0 radical (unpaired) electrons. The van der Waals surface area contributed by atoms with Crippen molar-refractivity contribution in [2.75, 3.05) is 26.2 Å². The maximum atomic E-state index is 12.0. The lowest BCUT2D eigenvalue weighted by Crippen LogP contribution is -2.39. The molecule has 0 bridgehead atoms. The summed E-state index contributed by atoms with van der Waals surface area (Å²) in [6.07, 6.45) is 1.76. The molecule has 1 heterocycles. The Labute approximate surface area is 132 Å². The van der Waals surface area contributed by atoms with Gasteiger partial charge in [-0.15, -0.1) is 0 Å². The van der Waals surface area contributed by atoms with E-state index in [4.69, 9.17) is 5.11 Å². The molecule has 1 aromatic rings. The number of benzene rings is 1. The number of imide groups is 1. The fourth-order valence-electron chi connectivity index (χ4n) is 2.56. The molecule has 6 heteroatoms. The molecule has 0 saturated carbocycles. The van der Waals surface area contributed by atoms with Crippen molar-refractivity contribution in [3.63, 3.8) is 0 Å². The molecule has 1 saturated heterocycles. The van der Waals surface area contributed by atoms with Crippen molar-refractivity contribution in [3.05, 3.63) is 34.3 Å². The van der Waals surface area contributed by atoms with Crippen LogP contribution < -0.4 is 5.32 Å². The van der Waals surface area contributed by atoms with Crippen LogP contribution in [-0.2, 0) is 4.79 Å². The van der Waals surface area contributed by atoms with E-state index in [0.717, 1.165) is 25.9 Å². The highest BCUT2D eigenvalue weighted by Gasteiger charge is 2.24. The van der Waals surface area contributed by atoms with Crippen molar-refractivity contribution < 1.29 is 14.7 Å². The smallest absolute Gasteiger partial charge is 0.259 e. The van der Waals surface area contributed by atoms with Gasteiger partial charge in [0.15, 0.2) is 0 Å². The van der Waals surface area contributed by atoms with Crippen LogP contribution in [0.4, 0.5) is 0 Å². The topological polar surface area (TPSA) is 69.6 Å². The molecule has 2 amide bonds. The summed E-state index contributed by atoms with van der Waals surface area (Å²) in [4.78, 5) is 25.9. The number of carbonyl (C=O) groups excluding carboxylic acids is 2. The minimum atomic E-state index is -0.390. The van der Waals surface area contributed by atoms with Gasteiger partial charge in [0.25, 0.3) is 5.91 Å². The summed E-state index contributed by atoms with van der Waals surface area (Å²) in [5, 5.41) is 11.3. The third kappa shape index (κ3) is 4.62. The van der Waals surface area contributed by atoms with E-state index in [0.29, 0.717) is 16.0 Å². The number of likely N-dealkylation sites (tertiary alicyclic amines) is 1. The second kappa shape index (κ2) is 7.68. The van der Waals surface area contributed by atoms with Gasteiger partial charge in [-0.3, -0.25) is 19.8 Å². The molecule has 2 N–H and O–H groups in total. The van der Waals surface area contributed by atoms with Crippen molar-refractivity contribution >= 4 is 27.7 Å². The lowest BCUT2D eigenvalue weighted by molar-refractivity contribution is -0.121. The number of hydrogen-bond donors (Lipinski definition) is 2. The van der Waals surface area contributed by atoms with Crippen LogP contribution in [0.15, 0.2) is 28.7 Å². The normalized spacial score (nSPS) is 18.7. The molecule has 1 aromatic carbocycles. The van der Waals surface area contributed by atoms with E-state index in [2.05, 4.69) is 21.2 Å². The lowest BCUT2D eigenvalue weighted by atomic mass is 10.1. The average molecular weight is 355 g/mol. The first-order valence-corrected chi connectivity index (χ1v) is 7.81. The molecule has 1 aliphatic heterocycles. The molecule has 2 rings (SSSR count). The van der Waals surface area contributed by atoms with E-state index >= 15 is 0 Å². The molecule has 1 unspecified atom stereocenters. The molecule has 0 aromatic heterocycles. The number of nitrogens with zero attached hydrogens (tertiary/aromatic N) is 1. The third-order valence-electron chi connectivity index (χ3n) is 3.65. The summed E-state index contributed by atoms with van der Waals surface area (Å²) >= 11 is 3.29. The quantitative estimate of drug-likeness (QED) is 0.838. The Morgan fingerprint density at radius 3 is 2.86 bits per heavy atom. The van der Waals surface area contributed by atoms with E-state index < -0.39 is 5.91 Å². The van der Waals surface area contributed by atoms with Gasteiger partial charge >= 0.3 is 0 Å². The Morgan fingerprint density at radius 1 is 1.38 bits per heavy atom. The second-order valence-corrected chi connectivity index (χ2v) is 6.11. The largest absolute Gasteiger partial charge is 0.396 e. The molecule has 1 fully saturated rings. The van der Waals surface area contributed by atoms with Crippen LogP contribution in [0.3, 0.4) is 0 Å². The summed E-state index contributed by atoms with van der Waals surface area (Å²) in [6, 6.07) is 7.00. The van der Waals surface area contributed by atoms with Crippen LogP contribution in [0, 0.1) is 5.92 Å². The maximum absolute atomic E-state index is 12.0. The van der Waals surface area contributed by atoms with Gasteiger partial charge in [0.2, 0.25) is 5.91 Å². The Hall–Kier alpha value is -1.24. The van der Waals surface area contributed by atoms with Crippen LogP contribution in [-0.4, -0.2) is 48.1 Å². The number of halogens is 1. The predicted octanol–water partition coefficient (Wildman–Crippen LogP) is 1.41. The number of nitrogens with one attached hydrogen (secondary N) is 1. The molecule has 1 aliphatic rings. The lowest BCUT2D eigenvalue weighted by Gasteiger charge is -2.15. The second-order valence-electron chi connectivity index (χ2n) is 5.26. The van der Waals surface area contributed by atoms with Gasteiger partial charge < -0.3 is 5.11 Å². The van der Waals surface area contributed by atoms with Crippen LogP contribution >= 0.6 is 15.9 Å². The van der Waals surface area contributed by atoms with Gasteiger partial charge in [-0.1, -0.05) is 12.1 Å². The van der Waals surface area contributed by atoms with Gasteiger partial charge in [0, 0.05) is 17.6 Å². The zero-order valence-corrected chi connectivity index (χ0v) is 13.3. The standard InChI is InChI=1S/C15H19BrN2O3/c16-13-4-2-1-3-12(13)15(21)17-14(20)10-18-7-5-11(9-18)6-8-19/h1-4,11,19H,5-10H2,(H,17,20,21). The highest BCUT2D eigenvalue weighted by atomic mass is 79.9. The number of carbonyl (C=O) groups is 2. The first kappa shape index (κ1) is 16.1.